The Hall–Kier alpha value is -5.99. The van der Waals surface area contributed by atoms with Gasteiger partial charge in [-0.15, -0.1) is 0 Å². The average Bonchev–Trinajstić information content (AvgIpc) is 3.38. The van der Waals surface area contributed by atoms with Gasteiger partial charge in [0.2, 0.25) is 34.2 Å². The molecule has 17 heteroatoms. The number of aliphatic hydroxyl groups is 4. The summed E-state index contributed by atoms with van der Waals surface area (Å²) in [5, 5.41) is 37.8. The maximum atomic E-state index is 9.44. The summed E-state index contributed by atoms with van der Waals surface area (Å²) in [6, 6.07) is 29.7. The number of allylic oxidation sites excluding steroid dienone is 4. The van der Waals surface area contributed by atoms with Crippen molar-refractivity contribution in [1.82, 2.24) is 9.15 Å². The maximum absolute atomic E-state index is 9.44. The third-order valence-corrected chi connectivity index (χ3v) is 13.2. The molecule has 396 valence electrons. The molecule has 0 saturated carbocycles. The van der Waals surface area contributed by atoms with Crippen molar-refractivity contribution in [3.05, 3.63) is 145 Å². The molecule has 0 aliphatic heterocycles. The van der Waals surface area contributed by atoms with Crippen LogP contribution in [0.4, 0.5) is 45.5 Å². The molecule has 0 spiro atoms. The van der Waals surface area contributed by atoms with Crippen LogP contribution in [0.5, 0.6) is 0 Å². The Morgan fingerprint density at radius 3 is 1.00 bits per heavy atom. The number of hydrogen-bond donors (Lipinski definition) is 6. The molecular weight excluding hydrogens is 945 g/mol. The number of aliphatic hydroxyl groups excluding tert-OH is 4. The van der Waals surface area contributed by atoms with Gasteiger partial charge < -0.3 is 60.6 Å². The zero-order valence-electron chi connectivity index (χ0n) is 43.9. The summed E-state index contributed by atoms with van der Waals surface area (Å²) >= 11 is 0. The van der Waals surface area contributed by atoms with Crippen LogP contribution in [0.2, 0.25) is 0 Å². The Kier molecular flexibility index (Phi) is 22.8. The predicted octanol–water partition coefficient (Wildman–Crippen LogP) is 5.88. The molecule has 0 amide bonds. The lowest BCUT2D eigenvalue weighted by Gasteiger charge is -2.26. The fraction of sp³-hybridized carbons (Fsp3) is 0.393. The smallest absolute Gasteiger partial charge is 0.214 e. The summed E-state index contributed by atoms with van der Waals surface area (Å²) in [6.45, 7) is 11.8. The second kappa shape index (κ2) is 27.9. The van der Waals surface area contributed by atoms with Gasteiger partial charge in [-0.05, 0) is 75.2 Å². The molecule has 0 radical (unpaired) electrons. The van der Waals surface area contributed by atoms with Gasteiger partial charge in [0.15, 0.2) is 0 Å². The third-order valence-electron chi connectivity index (χ3n) is 13.2. The van der Waals surface area contributed by atoms with Crippen LogP contribution in [0.1, 0.15) is 37.8 Å². The Morgan fingerprint density at radius 1 is 0.507 bits per heavy atom. The topological polar surface area (TPSA) is 232 Å². The molecule has 0 aromatic heterocycles. The molecule has 0 fully saturated rings. The number of aryl methyl sites for hydroxylation is 2. The van der Waals surface area contributed by atoms with Crippen molar-refractivity contribution in [2.24, 2.45) is 22.3 Å². The Balaban J connectivity index is 0.000000290. The fourth-order valence-corrected chi connectivity index (χ4v) is 8.61. The van der Waals surface area contributed by atoms with E-state index in [-0.39, 0.29) is 37.3 Å². The van der Waals surface area contributed by atoms with Crippen LogP contribution in [0, 0.1) is 24.7 Å². The highest BCUT2D eigenvalue weighted by atomic mass is 32.3. The van der Waals surface area contributed by atoms with E-state index in [0.717, 1.165) is 80.9 Å². The lowest BCUT2D eigenvalue weighted by atomic mass is 9.81. The zero-order valence-corrected chi connectivity index (χ0v) is 44.7. The molecule has 2 aliphatic carbocycles. The van der Waals surface area contributed by atoms with Crippen molar-refractivity contribution in [1.29, 1.82) is 0 Å². The molecule has 0 atom stereocenters. The highest BCUT2D eigenvalue weighted by Gasteiger charge is 2.30. The molecule has 6 rings (SSSR count). The molecule has 0 heterocycles. The molecule has 8 N–H and O–H groups in total. The maximum Gasteiger partial charge on any atom is 0.214 e. The van der Waals surface area contributed by atoms with Crippen molar-refractivity contribution >= 4 is 67.3 Å². The van der Waals surface area contributed by atoms with Gasteiger partial charge in [-0.25, -0.2) is 0 Å². The lowest BCUT2D eigenvalue weighted by Crippen LogP contribution is -2.30. The van der Waals surface area contributed by atoms with Crippen LogP contribution >= 0.6 is 0 Å². The van der Waals surface area contributed by atoms with E-state index >= 15 is 0 Å². The molecule has 0 unspecified atom stereocenters. The molecule has 0 bridgehead atoms. The predicted molar refractivity (Wildman–Crippen MR) is 300 cm³/mol. The van der Waals surface area contributed by atoms with Crippen molar-refractivity contribution in [2.45, 2.75) is 40.5 Å². The van der Waals surface area contributed by atoms with Gasteiger partial charge in [0, 0.05) is 183 Å². The number of rotatable bonds is 20. The van der Waals surface area contributed by atoms with E-state index in [1.54, 1.807) is 0 Å². The molecule has 16 nitrogen and oxygen atoms in total. The van der Waals surface area contributed by atoms with Gasteiger partial charge in [0.25, 0.3) is 0 Å². The molecule has 73 heavy (non-hydrogen) atoms. The first-order valence-electron chi connectivity index (χ1n) is 24.6. The van der Waals surface area contributed by atoms with E-state index in [4.69, 9.17) is 29.0 Å². The van der Waals surface area contributed by atoms with Crippen LogP contribution in [0.25, 0.3) is 0 Å². The van der Waals surface area contributed by atoms with E-state index < -0.39 is 10.4 Å². The molecule has 4 aromatic carbocycles. The van der Waals surface area contributed by atoms with Gasteiger partial charge in [-0.3, -0.25) is 8.42 Å². The fourth-order valence-electron chi connectivity index (χ4n) is 8.61. The highest BCUT2D eigenvalue weighted by Crippen LogP contribution is 2.35. The summed E-state index contributed by atoms with van der Waals surface area (Å²) in [5.74, 6) is 0. The Morgan fingerprint density at radius 2 is 0.781 bits per heavy atom. The van der Waals surface area contributed by atoms with E-state index in [0.29, 0.717) is 39.3 Å². The van der Waals surface area contributed by atoms with Gasteiger partial charge in [-0.2, -0.15) is 9.15 Å². The minimum absolute atomic E-state index is 0.0407. The van der Waals surface area contributed by atoms with Gasteiger partial charge in [-0.1, -0.05) is 38.2 Å². The number of nitrogens with zero attached hydrogens (tertiary/aromatic N) is 6. The van der Waals surface area contributed by atoms with Crippen molar-refractivity contribution in [2.75, 3.05) is 113 Å². The summed E-state index contributed by atoms with van der Waals surface area (Å²) in [6.07, 6.45) is 19.5. The number of anilines is 4. The normalized spacial score (nSPS) is 16.8. The molecule has 2 aliphatic rings. The van der Waals surface area contributed by atoms with Crippen LogP contribution in [0.3, 0.4) is 0 Å². The van der Waals surface area contributed by atoms with Gasteiger partial charge >= 0.3 is 0 Å². The minimum Gasteiger partial charge on any atom is -0.759 e. The van der Waals surface area contributed by atoms with E-state index in [1.807, 2.05) is 38.0 Å². The molecule has 0 saturated heterocycles. The van der Waals surface area contributed by atoms with Crippen LogP contribution in [-0.4, -0.2) is 143 Å². The Bertz CT molecular complexity index is 2480. The van der Waals surface area contributed by atoms with Gasteiger partial charge in [0.1, 0.15) is 0 Å². The van der Waals surface area contributed by atoms with Crippen LogP contribution in [0.15, 0.2) is 134 Å². The van der Waals surface area contributed by atoms with E-state index in [2.05, 4.69) is 180 Å². The first kappa shape index (κ1) is 59.6. The number of benzene rings is 4. The van der Waals surface area contributed by atoms with Gasteiger partial charge in [0.05, 0.1) is 26.4 Å². The third kappa shape index (κ3) is 16.5. The molecule has 4 aromatic rings. The zero-order chi connectivity index (χ0) is 53.9. The van der Waals surface area contributed by atoms with E-state index in [9.17, 15) is 20.4 Å². The van der Waals surface area contributed by atoms with E-state index in [1.165, 1.54) is 0 Å². The van der Waals surface area contributed by atoms with Crippen molar-refractivity contribution < 1.29 is 37.9 Å². The van der Waals surface area contributed by atoms with Crippen LogP contribution in [-0.2, 0) is 10.4 Å². The number of hydrogen-bond acceptors (Lipinski definition) is 14. The lowest BCUT2D eigenvalue weighted by molar-refractivity contribution is 0.280. The Labute approximate surface area is 433 Å². The number of nitrogens with two attached hydrogens (primary N) is 2. The quantitative estimate of drug-likeness (QED) is 0.0345. The summed E-state index contributed by atoms with van der Waals surface area (Å²) < 4.78 is 38.6. The summed E-state index contributed by atoms with van der Waals surface area (Å²) in [4.78, 5) is 8.18. The highest BCUT2D eigenvalue weighted by molar-refractivity contribution is 7.79. The largest absolute Gasteiger partial charge is 0.759 e. The average molecular weight is 1020 g/mol. The SMILES string of the molecule is CCC1(CN)C=CC(=[N+](c2ccc(N(C)C)cc2)c2ccc(N(CCO)CCO)cc2C)C=C1.CCC1(CN)C=CC(=[N+](c2ccc(N(C)C)cc2)c2ccc(N(CCO)CCO)cc2C)C=C1.O=S(=O)([O-])[O-]. The second-order valence-corrected chi connectivity index (χ2v) is 19.3. The van der Waals surface area contributed by atoms with Crippen molar-refractivity contribution in [3.63, 3.8) is 0 Å². The monoisotopic (exact) mass is 1020 g/mol. The first-order chi connectivity index (χ1) is 34.7. The summed E-state index contributed by atoms with van der Waals surface area (Å²) in [7, 11) is 2.99. The second-order valence-electron chi connectivity index (χ2n) is 18.5. The van der Waals surface area contributed by atoms with Crippen molar-refractivity contribution in [3.8, 4) is 0 Å². The standard InChI is InChI=1S/2C28H39N4O2.H2O4S/c2*1-5-28(21-29)14-12-25(13-15-28)32(24-8-6-23(7-9-24)30(3)4)27-11-10-26(20-22(27)2)31(16-18-33)17-19-34;1-5(2,3)4/h2*6-15,20,33-34H,5,16-19,21,29H2,1-4H3;(H2,1,2,3,4)/q2*+1;/p-2. The van der Waals surface area contributed by atoms with Crippen LogP contribution < -0.4 is 40.2 Å². The summed E-state index contributed by atoms with van der Waals surface area (Å²) in [5.41, 5.74) is 24.9. The minimum atomic E-state index is -5.17. The first-order valence-corrected chi connectivity index (χ1v) is 26.0. The molecular formula is C56H78N8O8S.